The number of rotatable bonds is 7. The van der Waals surface area contributed by atoms with Crippen LogP contribution in [0.4, 0.5) is 10.1 Å². The summed E-state index contributed by atoms with van der Waals surface area (Å²) >= 11 is 5.78. The highest BCUT2D eigenvalue weighted by Crippen LogP contribution is 2.19. The Labute approximate surface area is 151 Å². The van der Waals surface area contributed by atoms with Crippen molar-refractivity contribution in [1.29, 1.82) is 0 Å². The van der Waals surface area contributed by atoms with Crippen LogP contribution in [-0.4, -0.2) is 20.9 Å². The van der Waals surface area contributed by atoms with Crippen LogP contribution in [0.5, 0.6) is 0 Å². The molecule has 0 unspecified atom stereocenters. The number of carbonyl (C=O) groups excluding carboxylic acids is 1. The Hall–Kier alpha value is -1.96. The number of amides is 1. The van der Waals surface area contributed by atoms with Crippen molar-refractivity contribution in [3.05, 3.63) is 58.9 Å². The Bertz CT molecular complexity index is 872. The van der Waals surface area contributed by atoms with E-state index in [1.54, 1.807) is 0 Å². The quantitative estimate of drug-likeness (QED) is 0.713. The Morgan fingerprint density at radius 3 is 2.68 bits per heavy atom. The highest BCUT2D eigenvalue weighted by Gasteiger charge is 2.16. The summed E-state index contributed by atoms with van der Waals surface area (Å²) in [6.45, 7) is 2.29. The summed E-state index contributed by atoms with van der Waals surface area (Å²) in [6.07, 6.45) is 1.59. The van der Waals surface area contributed by atoms with Crippen molar-refractivity contribution in [3.8, 4) is 0 Å². The standard InChI is InChI=1S/C17H18ClFN2O3S/c1-2-3-9-20-25(23,24)14-6-4-5-13(11-14)21-17(22)15-10-12(18)7-8-16(15)19/h4-8,10-11,20H,2-3,9H2,1H3,(H,21,22). The molecule has 2 rings (SSSR count). The van der Waals surface area contributed by atoms with Crippen LogP contribution in [0.15, 0.2) is 47.4 Å². The summed E-state index contributed by atoms with van der Waals surface area (Å²) in [5.74, 6) is -1.43. The number of sulfonamides is 1. The van der Waals surface area contributed by atoms with Crippen LogP contribution >= 0.6 is 11.6 Å². The van der Waals surface area contributed by atoms with Gasteiger partial charge < -0.3 is 5.32 Å². The van der Waals surface area contributed by atoms with Crippen LogP contribution in [0.25, 0.3) is 0 Å². The Morgan fingerprint density at radius 1 is 1.20 bits per heavy atom. The highest BCUT2D eigenvalue weighted by molar-refractivity contribution is 7.89. The zero-order valence-electron chi connectivity index (χ0n) is 13.6. The maximum absolute atomic E-state index is 13.7. The van der Waals surface area contributed by atoms with Crippen molar-refractivity contribution in [2.75, 3.05) is 11.9 Å². The minimum absolute atomic E-state index is 0.0213. The van der Waals surface area contributed by atoms with Crippen molar-refractivity contribution >= 4 is 33.2 Å². The van der Waals surface area contributed by atoms with E-state index in [9.17, 15) is 17.6 Å². The number of hydrogen-bond donors (Lipinski definition) is 2. The van der Waals surface area contributed by atoms with E-state index >= 15 is 0 Å². The third-order valence-electron chi connectivity index (χ3n) is 3.40. The molecule has 0 saturated carbocycles. The average molecular weight is 385 g/mol. The summed E-state index contributed by atoms with van der Waals surface area (Å²) in [5.41, 5.74) is 0.0181. The smallest absolute Gasteiger partial charge is 0.258 e. The Kier molecular flexibility index (Phi) is 6.52. The molecule has 8 heteroatoms. The molecule has 0 aliphatic carbocycles. The van der Waals surface area contributed by atoms with Gasteiger partial charge in [-0.3, -0.25) is 4.79 Å². The van der Waals surface area contributed by atoms with Gasteiger partial charge in [0, 0.05) is 17.3 Å². The van der Waals surface area contributed by atoms with Gasteiger partial charge in [-0.05, 0) is 42.8 Å². The van der Waals surface area contributed by atoms with Gasteiger partial charge in [0.25, 0.3) is 5.91 Å². The molecule has 134 valence electrons. The lowest BCUT2D eigenvalue weighted by Crippen LogP contribution is -2.24. The molecule has 0 aliphatic rings. The summed E-state index contributed by atoms with van der Waals surface area (Å²) in [4.78, 5) is 12.2. The van der Waals surface area contributed by atoms with Crippen LogP contribution in [0.1, 0.15) is 30.1 Å². The molecule has 0 bridgehead atoms. The monoisotopic (exact) mass is 384 g/mol. The van der Waals surface area contributed by atoms with E-state index < -0.39 is 21.7 Å². The third-order valence-corrected chi connectivity index (χ3v) is 5.09. The predicted octanol–water partition coefficient (Wildman–Crippen LogP) is 3.81. The van der Waals surface area contributed by atoms with E-state index in [-0.39, 0.29) is 21.2 Å². The predicted molar refractivity (Wildman–Crippen MR) is 95.9 cm³/mol. The minimum atomic E-state index is -3.67. The largest absolute Gasteiger partial charge is 0.322 e. The van der Waals surface area contributed by atoms with Crippen LogP contribution in [0.2, 0.25) is 5.02 Å². The number of carbonyl (C=O) groups is 1. The fraction of sp³-hybridized carbons (Fsp3) is 0.235. The van der Waals surface area contributed by atoms with Gasteiger partial charge >= 0.3 is 0 Å². The van der Waals surface area contributed by atoms with Gasteiger partial charge in [0.05, 0.1) is 10.5 Å². The zero-order chi connectivity index (χ0) is 18.4. The number of halogens is 2. The van der Waals surface area contributed by atoms with E-state index in [4.69, 9.17) is 11.6 Å². The molecule has 0 spiro atoms. The Balaban J connectivity index is 2.19. The third kappa shape index (κ3) is 5.26. The van der Waals surface area contributed by atoms with Crippen LogP contribution < -0.4 is 10.0 Å². The molecule has 0 radical (unpaired) electrons. The van der Waals surface area contributed by atoms with Crippen molar-refractivity contribution < 1.29 is 17.6 Å². The first-order valence-electron chi connectivity index (χ1n) is 7.69. The first kappa shape index (κ1) is 19.4. The fourth-order valence-corrected chi connectivity index (χ4v) is 3.37. The van der Waals surface area contributed by atoms with Gasteiger partial charge in [-0.2, -0.15) is 0 Å². The van der Waals surface area contributed by atoms with Crippen molar-refractivity contribution in [2.45, 2.75) is 24.7 Å². The molecule has 0 heterocycles. The summed E-state index contributed by atoms with van der Waals surface area (Å²) in [6, 6.07) is 9.39. The molecule has 0 atom stereocenters. The topological polar surface area (TPSA) is 75.3 Å². The van der Waals surface area contributed by atoms with Crippen LogP contribution in [0.3, 0.4) is 0 Å². The molecule has 0 fully saturated rings. The van der Waals surface area contributed by atoms with Crippen LogP contribution in [0, 0.1) is 5.82 Å². The van der Waals surface area contributed by atoms with Gasteiger partial charge in [-0.25, -0.2) is 17.5 Å². The molecular weight excluding hydrogens is 367 g/mol. The van der Waals surface area contributed by atoms with Crippen molar-refractivity contribution in [1.82, 2.24) is 4.72 Å². The summed E-state index contributed by atoms with van der Waals surface area (Å²) in [5, 5.41) is 2.70. The maximum Gasteiger partial charge on any atom is 0.258 e. The summed E-state index contributed by atoms with van der Waals surface area (Å²) < 4.78 is 40.7. The van der Waals surface area contributed by atoms with E-state index in [2.05, 4.69) is 10.0 Å². The molecule has 0 aromatic heterocycles. The van der Waals surface area contributed by atoms with E-state index in [1.807, 2.05) is 6.92 Å². The van der Waals surface area contributed by atoms with Crippen molar-refractivity contribution in [3.63, 3.8) is 0 Å². The number of nitrogens with one attached hydrogen (secondary N) is 2. The average Bonchev–Trinajstić information content (AvgIpc) is 2.57. The van der Waals surface area contributed by atoms with E-state index in [1.165, 1.54) is 36.4 Å². The number of anilines is 1. The first-order chi connectivity index (χ1) is 11.8. The van der Waals surface area contributed by atoms with Gasteiger partial charge in [0.2, 0.25) is 10.0 Å². The second-order valence-electron chi connectivity index (χ2n) is 5.36. The number of unbranched alkanes of at least 4 members (excludes halogenated alkanes) is 1. The van der Waals surface area contributed by atoms with E-state index in [0.29, 0.717) is 6.54 Å². The molecule has 2 aromatic carbocycles. The molecule has 5 nitrogen and oxygen atoms in total. The van der Waals surface area contributed by atoms with Gasteiger partial charge in [-0.1, -0.05) is 31.0 Å². The second kappa shape index (κ2) is 8.42. The lowest BCUT2D eigenvalue weighted by molar-refractivity contribution is 0.102. The maximum atomic E-state index is 13.7. The zero-order valence-corrected chi connectivity index (χ0v) is 15.1. The summed E-state index contributed by atoms with van der Waals surface area (Å²) in [7, 11) is -3.67. The molecule has 1 amide bonds. The SMILES string of the molecule is CCCCNS(=O)(=O)c1cccc(NC(=O)c2cc(Cl)ccc2F)c1. The normalized spacial score (nSPS) is 11.3. The molecule has 2 aromatic rings. The number of hydrogen-bond acceptors (Lipinski definition) is 3. The van der Waals surface area contributed by atoms with E-state index in [0.717, 1.165) is 18.9 Å². The fourth-order valence-electron chi connectivity index (χ4n) is 2.08. The van der Waals surface area contributed by atoms with Crippen molar-refractivity contribution in [2.24, 2.45) is 0 Å². The molecule has 0 aliphatic heterocycles. The molecule has 25 heavy (non-hydrogen) atoms. The molecule has 2 N–H and O–H groups in total. The minimum Gasteiger partial charge on any atom is -0.322 e. The molecule has 0 saturated heterocycles. The number of benzene rings is 2. The van der Waals surface area contributed by atoms with Gasteiger partial charge in [0.1, 0.15) is 5.82 Å². The van der Waals surface area contributed by atoms with Crippen LogP contribution in [-0.2, 0) is 10.0 Å². The van der Waals surface area contributed by atoms with Gasteiger partial charge in [0.15, 0.2) is 0 Å². The van der Waals surface area contributed by atoms with Gasteiger partial charge in [-0.15, -0.1) is 0 Å². The lowest BCUT2D eigenvalue weighted by atomic mass is 10.2. The second-order valence-corrected chi connectivity index (χ2v) is 7.56. The Morgan fingerprint density at radius 2 is 1.96 bits per heavy atom. The highest BCUT2D eigenvalue weighted by atomic mass is 35.5. The molecular formula is C17H18ClFN2O3S. The lowest BCUT2D eigenvalue weighted by Gasteiger charge is -2.10. The first-order valence-corrected chi connectivity index (χ1v) is 9.55.